The van der Waals surface area contributed by atoms with Gasteiger partial charge in [0.1, 0.15) is 0 Å². The van der Waals surface area contributed by atoms with Crippen LogP contribution in [0.25, 0.3) is 0 Å². The fraction of sp³-hybridized carbons (Fsp3) is 0.222. The van der Waals surface area contributed by atoms with E-state index in [0.717, 1.165) is 11.3 Å². The maximum absolute atomic E-state index is 11.5. The molecule has 0 bridgehead atoms. The minimum Gasteiger partial charge on any atom is -0.331 e. The molecule has 0 aliphatic carbocycles. The number of nitrogens with zero attached hydrogens (tertiary/aromatic N) is 1. The second kappa shape index (κ2) is 7.76. The van der Waals surface area contributed by atoms with E-state index >= 15 is 0 Å². The number of nitrogens with one attached hydrogen (secondary N) is 2. The standard InChI is InChI=1S/C18H21N3O2S2/c1-12-5-8-16(11-13(12)2)19-18(24)21-20-14(3)15-6-9-17(10-7-15)25(4,22)23/h5-11H,1-4H3,(H2,19,21,24). The van der Waals surface area contributed by atoms with Gasteiger partial charge in [-0.1, -0.05) is 18.2 Å². The fourth-order valence-corrected chi connectivity index (χ4v) is 2.91. The zero-order valence-electron chi connectivity index (χ0n) is 14.6. The number of thiocarbonyl (C=S) groups is 1. The molecule has 0 fully saturated rings. The van der Waals surface area contributed by atoms with Crippen LogP contribution in [0.5, 0.6) is 0 Å². The first-order valence-electron chi connectivity index (χ1n) is 7.66. The minimum atomic E-state index is -3.20. The third kappa shape index (κ3) is 5.37. The first kappa shape index (κ1) is 19.1. The van der Waals surface area contributed by atoms with E-state index < -0.39 is 9.84 Å². The van der Waals surface area contributed by atoms with Gasteiger partial charge < -0.3 is 5.32 Å². The maximum atomic E-state index is 11.5. The van der Waals surface area contributed by atoms with Crippen LogP contribution < -0.4 is 10.7 Å². The number of hydrogen-bond donors (Lipinski definition) is 2. The van der Waals surface area contributed by atoms with E-state index in [-0.39, 0.29) is 4.90 Å². The molecule has 7 heteroatoms. The highest BCUT2D eigenvalue weighted by Gasteiger charge is 2.07. The molecule has 0 amide bonds. The molecular formula is C18H21N3O2S2. The summed E-state index contributed by atoms with van der Waals surface area (Å²) in [5.74, 6) is 0. The number of rotatable bonds is 4. The monoisotopic (exact) mass is 375 g/mol. The molecule has 0 saturated heterocycles. The molecule has 0 unspecified atom stereocenters. The van der Waals surface area contributed by atoms with Gasteiger partial charge in [0.05, 0.1) is 10.6 Å². The van der Waals surface area contributed by atoms with Crippen LogP contribution in [0.3, 0.4) is 0 Å². The average molecular weight is 376 g/mol. The van der Waals surface area contributed by atoms with Crippen LogP contribution in [0.2, 0.25) is 0 Å². The van der Waals surface area contributed by atoms with Crippen LogP contribution in [-0.2, 0) is 9.84 Å². The lowest BCUT2D eigenvalue weighted by molar-refractivity contribution is 0.602. The van der Waals surface area contributed by atoms with Gasteiger partial charge in [0, 0.05) is 11.9 Å². The third-order valence-corrected chi connectivity index (χ3v) is 5.11. The quantitative estimate of drug-likeness (QED) is 0.487. The molecule has 25 heavy (non-hydrogen) atoms. The summed E-state index contributed by atoms with van der Waals surface area (Å²) in [7, 11) is -3.20. The molecule has 0 heterocycles. The van der Waals surface area contributed by atoms with E-state index in [0.29, 0.717) is 10.8 Å². The van der Waals surface area contributed by atoms with Crippen molar-refractivity contribution in [2.45, 2.75) is 25.7 Å². The van der Waals surface area contributed by atoms with Crippen LogP contribution in [-0.4, -0.2) is 25.5 Å². The molecule has 0 aliphatic rings. The van der Waals surface area contributed by atoms with E-state index in [2.05, 4.69) is 22.8 Å². The predicted molar refractivity (Wildman–Crippen MR) is 107 cm³/mol. The summed E-state index contributed by atoms with van der Waals surface area (Å²) in [6.07, 6.45) is 1.18. The lowest BCUT2D eigenvalue weighted by Crippen LogP contribution is -2.25. The second-order valence-corrected chi connectivity index (χ2v) is 8.28. The highest BCUT2D eigenvalue weighted by Crippen LogP contribution is 2.14. The van der Waals surface area contributed by atoms with Crippen LogP contribution in [0.1, 0.15) is 23.6 Å². The molecule has 2 N–H and O–H groups in total. The molecule has 132 valence electrons. The zero-order valence-corrected chi connectivity index (χ0v) is 16.3. The van der Waals surface area contributed by atoms with Gasteiger partial charge >= 0.3 is 0 Å². The molecule has 0 atom stereocenters. The first-order valence-corrected chi connectivity index (χ1v) is 9.96. The number of sulfone groups is 1. The van der Waals surface area contributed by atoms with Crippen LogP contribution in [0.15, 0.2) is 52.5 Å². The minimum absolute atomic E-state index is 0.281. The predicted octanol–water partition coefficient (Wildman–Crippen LogP) is 3.42. The summed E-state index contributed by atoms with van der Waals surface area (Å²) in [6, 6.07) is 12.6. The topological polar surface area (TPSA) is 70.6 Å². The van der Waals surface area contributed by atoms with Crippen molar-refractivity contribution >= 4 is 38.6 Å². The third-order valence-electron chi connectivity index (χ3n) is 3.79. The molecule has 2 rings (SSSR count). The Kier molecular flexibility index (Phi) is 5.92. The SMILES string of the molecule is CC(=NNC(=S)Nc1ccc(C)c(C)c1)c1ccc(S(C)(=O)=O)cc1. The Morgan fingerprint density at radius 2 is 1.68 bits per heavy atom. The highest BCUT2D eigenvalue weighted by molar-refractivity contribution is 7.90. The van der Waals surface area contributed by atoms with Gasteiger partial charge in [-0.15, -0.1) is 0 Å². The highest BCUT2D eigenvalue weighted by atomic mass is 32.2. The first-order chi connectivity index (χ1) is 11.7. The van der Waals surface area contributed by atoms with Crippen molar-refractivity contribution in [1.82, 2.24) is 5.43 Å². The van der Waals surface area contributed by atoms with Crippen LogP contribution in [0, 0.1) is 13.8 Å². The van der Waals surface area contributed by atoms with Gasteiger partial charge in [0.25, 0.3) is 0 Å². The van der Waals surface area contributed by atoms with Crippen LogP contribution in [0.4, 0.5) is 5.69 Å². The Labute approximate surface area is 154 Å². The number of aryl methyl sites for hydroxylation is 2. The fourth-order valence-electron chi connectivity index (χ4n) is 2.12. The lowest BCUT2D eigenvalue weighted by atomic mass is 10.1. The number of anilines is 1. The van der Waals surface area contributed by atoms with Gasteiger partial charge in [-0.25, -0.2) is 8.42 Å². The molecule has 0 radical (unpaired) electrons. The molecule has 0 aliphatic heterocycles. The maximum Gasteiger partial charge on any atom is 0.191 e. The second-order valence-electron chi connectivity index (χ2n) is 5.86. The van der Waals surface area contributed by atoms with Gasteiger partial charge in [-0.05, 0) is 73.9 Å². The Bertz CT molecular complexity index is 918. The Morgan fingerprint density at radius 3 is 2.24 bits per heavy atom. The van der Waals surface area contributed by atoms with Gasteiger partial charge in [0.2, 0.25) is 0 Å². The summed E-state index contributed by atoms with van der Waals surface area (Å²) in [5.41, 5.74) is 7.60. The van der Waals surface area contributed by atoms with Crippen molar-refractivity contribution in [3.63, 3.8) is 0 Å². The lowest BCUT2D eigenvalue weighted by Gasteiger charge is -2.10. The number of hydrazone groups is 1. The van der Waals surface area contributed by atoms with Crippen LogP contribution >= 0.6 is 12.2 Å². The normalized spacial score (nSPS) is 11.9. The van der Waals surface area contributed by atoms with Gasteiger partial charge in [-0.3, -0.25) is 5.43 Å². The van der Waals surface area contributed by atoms with E-state index in [1.54, 1.807) is 24.3 Å². The molecule has 2 aromatic rings. The average Bonchev–Trinajstić information content (AvgIpc) is 2.55. The van der Waals surface area contributed by atoms with Gasteiger partial charge in [0.15, 0.2) is 14.9 Å². The molecule has 0 saturated carbocycles. The molecule has 2 aromatic carbocycles. The van der Waals surface area contributed by atoms with E-state index in [4.69, 9.17) is 12.2 Å². The summed E-state index contributed by atoms with van der Waals surface area (Å²) < 4.78 is 23.0. The summed E-state index contributed by atoms with van der Waals surface area (Å²) >= 11 is 5.24. The smallest absolute Gasteiger partial charge is 0.191 e. The van der Waals surface area contributed by atoms with Crippen molar-refractivity contribution < 1.29 is 8.42 Å². The molecular weight excluding hydrogens is 354 g/mol. The largest absolute Gasteiger partial charge is 0.331 e. The molecule has 0 spiro atoms. The van der Waals surface area contributed by atoms with Crippen molar-refractivity contribution in [1.29, 1.82) is 0 Å². The van der Waals surface area contributed by atoms with Crippen molar-refractivity contribution in [3.8, 4) is 0 Å². The Morgan fingerprint density at radius 1 is 1.04 bits per heavy atom. The van der Waals surface area contributed by atoms with Crippen molar-refractivity contribution in [2.75, 3.05) is 11.6 Å². The van der Waals surface area contributed by atoms with Crippen molar-refractivity contribution in [3.05, 3.63) is 59.2 Å². The molecule has 0 aromatic heterocycles. The molecule has 5 nitrogen and oxygen atoms in total. The van der Waals surface area contributed by atoms with E-state index in [1.165, 1.54) is 17.4 Å². The zero-order chi connectivity index (χ0) is 18.6. The Balaban J connectivity index is 2.02. The number of hydrogen-bond acceptors (Lipinski definition) is 4. The summed E-state index contributed by atoms with van der Waals surface area (Å²) in [6.45, 7) is 5.92. The Hall–Kier alpha value is -2.25. The van der Waals surface area contributed by atoms with Crippen molar-refractivity contribution in [2.24, 2.45) is 5.10 Å². The van der Waals surface area contributed by atoms with E-state index in [1.807, 2.05) is 32.0 Å². The van der Waals surface area contributed by atoms with E-state index in [9.17, 15) is 8.42 Å². The number of benzene rings is 2. The van der Waals surface area contributed by atoms with Gasteiger partial charge in [-0.2, -0.15) is 5.10 Å². The summed E-state index contributed by atoms with van der Waals surface area (Å²) in [4.78, 5) is 0.281. The summed E-state index contributed by atoms with van der Waals surface area (Å²) in [5, 5.41) is 7.70.